The lowest BCUT2D eigenvalue weighted by Crippen LogP contribution is -2.42. The average Bonchev–Trinajstić information content (AvgIpc) is 3.35. The van der Waals surface area contributed by atoms with E-state index in [2.05, 4.69) is 10.3 Å². The normalized spacial score (nSPS) is 18.4. The maximum atomic E-state index is 13.1. The molecule has 2 aliphatic rings. The van der Waals surface area contributed by atoms with Crippen LogP contribution >= 0.6 is 11.3 Å². The van der Waals surface area contributed by atoms with Crippen molar-refractivity contribution in [1.29, 1.82) is 0 Å². The zero-order valence-corrected chi connectivity index (χ0v) is 19.5. The highest BCUT2D eigenvalue weighted by Crippen LogP contribution is 2.29. The van der Waals surface area contributed by atoms with Crippen LogP contribution in [0.5, 0.6) is 0 Å². The molecule has 32 heavy (non-hydrogen) atoms. The fraction of sp³-hybridized carbons (Fsp3) is 0.500. The number of pyridine rings is 1. The predicted molar refractivity (Wildman–Crippen MR) is 122 cm³/mol. The number of piperidine rings is 2. The zero-order valence-electron chi connectivity index (χ0n) is 17.9. The third kappa shape index (κ3) is 5.19. The van der Waals surface area contributed by atoms with Crippen LogP contribution < -0.4 is 5.32 Å². The van der Waals surface area contributed by atoms with E-state index in [1.54, 1.807) is 16.5 Å². The van der Waals surface area contributed by atoms with Crippen LogP contribution in [0.4, 0.5) is 0 Å². The van der Waals surface area contributed by atoms with Gasteiger partial charge in [0.1, 0.15) is 4.21 Å². The molecule has 2 aromatic rings. The van der Waals surface area contributed by atoms with Gasteiger partial charge in [0.25, 0.3) is 15.9 Å². The number of hydrogen-bond acceptors (Lipinski definition) is 6. The van der Waals surface area contributed by atoms with Crippen molar-refractivity contribution in [2.75, 3.05) is 26.2 Å². The Hall–Kier alpha value is -2.30. The minimum absolute atomic E-state index is 0.0711. The molecular weight excluding hydrogens is 448 g/mol. The molecule has 2 aliphatic heterocycles. The average molecular weight is 477 g/mol. The molecule has 10 heteroatoms. The maximum absolute atomic E-state index is 13.1. The number of carbonyl (C=O) groups excluding carboxylic acids is 2. The van der Waals surface area contributed by atoms with E-state index in [0.29, 0.717) is 24.9 Å². The van der Waals surface area contributed by atoms with E-state index in [4.69, 9.17) is 0 Å². The van der Waals surface area contributed by atoms with Gasteiger partial charge in [-0.1, -0.05) is 6.07 Å². The van der Waals surface area contributed by atoms with E-state index in [1.807, 2.05) is 18.2 Å². The maximum Gasteiger partial charge on any atom is 0.254 e. The second-order valence-electron chi connectivity index (χ2n) is 8.22. The summed E-state index contributed by atoms with van der Waals surface area (Å²) in [6.07, 6.45) is 5.73. The molecule has 0 bridgehead atoms. The van der Waals surface area contributed by atoms with E-state index in [-0.39, 0.29) is 35.0 Å². The van der Waals surface area contributed by atoms with E-state index >= 15 is 0 Å². The van der Waals surface area contributed by atoms with Crippen LogP contribution in [-0.4, -0.2) is 60.6 Å². The minimum atomic E-state index is -3.67. The lowest BCUT2D eigenvalue weighted by molar-refractivity contribution is -0.126. The Balaban J connectivity index is 1.32. The summed E-state index contributed by atoms with van der Waals surface area (Å²) in [5, 5.41) is 4.53. The molecule has 0 aromatic carbocycles. The summed E-state index contributed by atoms with van der Waals surface area (Å²) in [5.41, 5.74) is 1.23. The Morgan fingerprint density at radius 2 is 1.84 bits per heavy atom. The number of aromatic nitrogens is 1. The van der Waals surface area contributed by atoms with Gasteiger partial charge in [0.05, 0.1) is 17.8 Å². The van der Waals surface area contributed by atoms with Gasteiger partial charge in [-0.2, -0.15) is 4.31 Å². The van der Waals surface area contributed by atoms with E-state index in [1.165, 1.54) is 10.4 Å². The molecule has 4 heterocycles. The van der Waals surface area contributed by atoms with Crippen LogP contribution in [0, 0.1) is 5.92 Å². The Morgan fingerprint density at radius 1 is 1.09 bits per heavy atom. The van der Waals surface area contributed by atoms with Gasteiger partial charge in [0.15, 0.2) is 0 Å². The quantitative estimate of drug-likeness (QED) is 0.691. The first-order valence-electron chi connectivity index (χ1n) is 11.0. The number of nitrogens with zero attached hydrogens (tertiary/aromatic N) is 3. The number of nitrogens with one attached hydrogen (secondary N) is 1. The number of thiophene rings is 1. The van der Waals surface area contributed by atoms with Crippen LogP contribution in [0.1, 0.15) is 48.2 Å². The Bertz CT molecular complexity index is 1040. The molecule has 0 atom stereocenters. The van der Waals surface area contributed by atoms with Gasteiger partial charge < -0.3 is 10.2 Å². The molecule has 0 saturated carbocycles. The lowest BCUT2D eigenvalue weighted by atomic mass is 9.97. The van der Waals surface area contributed by atoms with Crippen LogP contribution in [0.15, 0.2) is 40.1 Å². The third-order valence-electron chi connectivity index (χ3n) is 6.05. The summed E-state index contributed by atoms with van der Waals surface area (Å²) in [6.45, 7) is 2.40. The molecule has 0 unspecified atom stereocenters. The highest BCUT2D eigenvalue weighted by molar-refractivity contribution is 7.91. The molecule has 0 aliphatic carbocycles. The second kappa shape index (κ2) is 10.1. The molecule has 2 fully saturated rings. The van der Waals surface area contributed by atoms with Gasteiger partial charge in [-0.3, -0.25) is 14.6 Å². The molecule has 0 radical (unpaired) electrons. The Kier molecular flexibility index (Phi) is 7.22. The van der Waals surface area contributed by atoms with Crippen LogP contribution in [0.2, 0.25) is 0 Å². The molecule has 2 amide bonds. The molecule has 2 aromatic heterocycles. The first kappa shape index (κ1) is 22.9. The van der Waals surface area contributed by atoms with Crippen LogP contribution in [0.25, 0.3) is 0 Å². The first-order chi connectivity index (χ1) is 15.4. The van der Waals surface area contributed by atoms with Gasteiger partial charge in [-0.25, -0.2) is 8.42 Å². The van der Waals surface area contributed by atoms with Gasteiger partial charge >= 0.3 is 0 Å². The zero-order chi connectivity index (χ0) is 22.6. The standard InChI is InChI=1S/C22H28N4O4S2/c27-21(24-15-19-6-2-3-9-23-19)17-7-12-26(13-8-17)32(29,30)20-14-18(16-31-20)22(28)25-10-4-1-5-11-25/h2-3,6,9,14,16-17H,1,4-5,7-8,10-13,15H2,(H,24,27). The highest BCUT2D eigenvalue weighted by atomic mass is 32.2. The van der Waals surface area contributed by atoms with Gasteiger partial charge in [-0.05, 0) is 50.3 Å². The summed E-state index contributed by atoms with van der Waals surface area (Å²) >= 11 is 1.09. The highest BCUT2D eigenvalue weighted by Gasteiger charge is 2.33. The lowest BCUT2D eigenvalue weighted by Gasteiger charge is -2.30. The van der Waals surface area contributed by atoms with Gasteiger partial charge in [0, 0.05) is 43.7 Å². The van der Waals surface area contributed by atoms with E-state index < -0.39 is 10.0 Å². The minimum Gasteiger partial charge on any atom is -0.350 e. The summed E-state index contributed by atoms with van der Waals surface area (Å²) in [6, 6.07) is 7.04. The molecule has 8 nitrogen and oxygen atoms in total. The van der Waals surface area contributed by atoms with E-state index in [0.717, 1.165) is 49.4 Å². The van der Waals surface area contributed by atoms with Crippen molar-refractivity contribution in [3.8, 4) is 0 Å². The number of amides is 2. The van der Waals surface area contributed by atoms with Crippen LogP contribution in [-0.2, 0) is 21.4 Å². The van der Waals surface area contributed by atoms with Crippen molar-refractivity contribution in [2.24, 2.45) is 5.92 Å². The summed E-state index contributed by atoms with van der Waals surface area (Å²) in [4.78, 5) is 31.1. The number of hydrogen-bond donors (Lipinski definition) is 1. The summed E-state index contributed by atoms with van der Waals surface area (Å²) < 4.78 is 27.8. The largest absolute Gasteiger partial charge is 0.350 e. The summed E-state index contributed by atoms with van der Waals surface area (Å²) in [7, 11) is -3.67. The van der Waals surface area contributed by atoms with Crippen molar-refractivity contribution >= 4 is 33.2 Å². The van der Waals surface area contributed by atoms with Crippen molar-refractivity contribution in [3.05, 3.63) is 47.1 Å². The van der Waals surface area contributed by atoms with Crippen molar-refractivity contribution in [1.82, 2.24) is 19.5 Å². The SMILES string of the molecule is O=C(NCc1ccccn1)C1CCN(S(=O)(=O)c2cc(C(=O)N3CCCCC3)cs2)CC1. The number of likely N-dealkylation sites (tertiary alicyclic amines) is 1. The smallest absolute Gasteiger partial charge is 0.254 e. The first-order valence-corrected chi connectivity index (χ1v) is 13.3. The van der Waals surface area contributed by atoms with Gasteiger partial charge in [-0.15, -0.1) is 11.3 Å². The topological polar surface area (TPSA) is 99.7 Å². The fourth-order valence-electron chi connectivity index (χ4n) is 4.15. The number of carbonyl (C=O) groups is 2. The molecule has 0 spiro atoms. The Morgan fingerprint density at radius 3 is 2.53 bits per heavy atom. The second-order valence-corrected chi connectivity index (χ2v) is 11.3. The Labute approximate surface area is 192 Å². The fourth-order valence-corrected chi connectivity index (χ4v) is 6.93. The van der Waals surface area contributed by atoms with Crippen molar-refractivity contribution in [3.63, 3.8) is 0 Å². The van der Waals surface area contributed by atoms with Crippen molar-refractivity contribution in [2.45, 2.75) is 42.9 Å². The van der Waals surface area contributed by atoms with Crippen molar-refractivity contribution < 1.29 is 18.0 Å². The van der Waals surface area contributed by atoms with Gasteiger partial charge in [0.2, 0.25) is 5.91 Å². The third-order valence-corrected chi connectivity index (χ3v) is 9.37. The van der Waals surface area contributed by atoms with Crippen LogP contribution in [0.3, 0.4) is 0 Å². The monoisotopic (exact) mass is 476 g/mol. The molecule has 172 valence electrons. The molecule has 2 saturated heterocycles. The summed E-state index contributed by atoms with van der Waals surface area (Å²) in [5.74, 6) is -0.381. The molecule has 1 N–H and O–H groups in total. The molecule has 4 rings (SSSR count). The molecular formula is C22H28N4O4S2. The predicted octanol–water partition coefficient (Wildman–Crippen LogP) is 2.49. The number of rotatable bonds is 6. The van der Waals surface area contributed by atoms with E-state index in [9.17, 15) is 18.0 Å². The number of sulfonamides is 1.